The van der Waals surface area contributed by atoms with E-state index in [9.17, 15) is 0 Å². The number of fused-ring (bicyclic) bond motifs is 1. The lowest BCUT2D eigenvalue weighted by molar-refractivity contribution is 0.723. The molecule has 3 heteroatoms. The number of allylic oxidation sites excluding steroid dienone is 1. The van der Waals surface area contributed by atoms with Gasteiger partial charge in [-0.05, 0) is 49.1 Å². The molecule has 1 unspecified atom stereocenters. The first kappa shape index (κ1) is 13.9. The Bertz CT molecular complexity index is 720. The molecule has 0 saturated carbocycles. The molecule has 0 radical (unpaired) electrons. The van der Waals surface area contributed by atoms with Gasteiger partial charge in [-0.3, -0.25) is 0 Å². The molecule has 3 rings (SSSR count). The van der Waals surface area contributed by atoms with Crippen molar-refractivity contribution in [3.05, 3.63) is 40.4 Å². The molecule has 1 nitrogen and oxygen atoms in total. The number of aromatic nitrogens is 1. The van der Waals surface area contributed by atoms with Gasteiger partial charge in [-0.25, -0.2) is 0 Å². The summed E-state index contributed by atoms with van der Waals surface area (Å²) in [7, 11) is 2.13. The Morgan fingerprint density at radius 1 is 1.40 bits per heavy atom. The van der Waals surface area contributed by atoms with E-state index in [4.69, 9.17) is 6.42 Å². The minimum atomic E-state index is 0.501. The van der Waals surface area contributed by atoms with E-state index >= 15 is 0 Å². The van der Waals surface area contributed by atoms with Gasteiger partial charge in [0.15, 0.2) is 0 Å². The van der Waals surface area contributed by atoms with Gasteiger partial charge >= 0.3 is 0 Å². The van der Waals surface area contributed by atoms with E-state index in [-0.39, 0.29) is 0 Å². The zero-order valence-electron chi connectivity index (χ0n) is 11.4. The van der Waals surface area contributed by atoms with E-state index in [2.05, 4.69) is 63.8 Å². The van der Waals surface area contributed by atoms with E-state index < -0.39 is 0 Å². The van der Waals surface area contributed by atoms with Crippen LogP contribution in [-0.4, -0.2) is 9.82 Å². The number of hydrogen-bond acceptors (Lipinski definition) is 1. The number of benzene rings is 1. The summed E-state index contributed by atoms with van der Waals surface area (Å²) in [6, 6.07) is 8.69. The molecule has 1 atom stereocenters. The molecule has 1 aromatic heterocycles. The summed E-state index contributed by atoms with van der Waals surface area (Å²) in [5.74, 6) is 2.80. The highest BCUT2D eigenvalue weighted by Crippen LogP contribution is 2.35. The van der Waals surface area contributed by atoms with E-state index in [1.807, 2.05) is 11.8 Å². The third-order valence-electron chi connectivity index (χ3n) is 3.74. The number of nitrogens with zero attached hydrogens (tertiary/aromatic N) is 1. The fraction of sp³-hybridized carbons (Fsp3) is 0.294. The Labute approximate surface area is 132 Å². The van der Waals surface area contributed by atoms with Gasteiger partial charge in [-0.15, -0.1) is 18.2 Å². The van der Waals surface area contributed by atoms with Gasteiger partial charge < -0.3 is 4.57 Å². The van der Waals surface area contributed by atoms with Crippen LogP contribution < -0.4 is 0 Å². The van der Waals surface area contributed by atoms with Crippen LogP contribution in [0.4, 0.5) is 0 Å². The standard InChI is InChI=1S/C17H16BrNS/c1-3-12-5-4-6-15(9-12)20-17-11-13-10-14(18)7-8-16(13)19(17)2/h1,7-11,15H,4-6H2,2H3. The summed E-state index contributed by atoms with van der Waals surface area (Å²) in [4.78, 5) is 0. The number of rotatable bonds is 2. The molecule has 0 aliphatic heterocycles. The van der Waals surface area contributed by atoms with Gasteiger partial charge in [-0.2, -0.15) is 0 Å². The largest absolute Gasteiger partial charge is 0.339 e. The molecule has 0 fully saturated rings. The fourth-order valence-corrected chi connectivity index (χ4v) is 4.32. The lowest BCUT2D eigenvalue weighted by Gasteiger charge is -2.18. The lowest BCUT2D eigenvalue weighted by Crippen LogP contribution is -2.06. The van der Waals surface area contributed by atoms with Crippen molar-refractivity contribution in [3.63, 3.8) is 0 Å². The molecule has 0 N–H and O–H groups in total. The first-order chi connectivity index (χ1) is 9.67. The van der Waals surface area contributed by atoms with Crippen LogP contribution in [-0.2, 0) is 7.05 Å². The predicted molar refractivity (Wildman–Crippen MR) is 91.0 cm³/mol. The Kier molecular flexibility index (Phi) is 3.96. The first-order valence-corrected chi connectivity index (χ1v) is 8.43. The van der Waals surface area contributed by atoms with Crippen molar-refractivity contribution >= 4 is 38.6 Å². The zero-order valence-corrected chi connectivity index (χ0v) is 13.8. The number of halogens is 1. The van der Waals surface area contributed by atoms with Gasteiger partial charge in [0.1, 0.15) is 0 Å². The average molecular weight is 346 g/mol. The molecule has 0 bridgehead atoms. The van der Waals surface area contributed by atoms with Crippen molar-refractivity contribution in [2.75, 3.05) is 0 Å². The number of hydrogen-bond donors (Lipinski definition) is 0. The summed E-state index contributed by atoms with van der Waals surface area (Å²) in [5.41, 5.74) is 2.43. The average Bonchev–Trinajstić information content (AvgIpc) is 2.75. The quantitative estimate of drug-likeness (QED) is 0.681. The van der Waals surface area contributed by atoms with Gasteiger partial charge in [-0.1, -0.05) is 27.9 Å². The Morgan fingerprint density at radius 3 is 3.05 bits per heavy atom. The highest BCUT2D eigenvalue weighted by molar-refractivity contribution is 9.10. The Balaban J connectivity index is 1.91. The van der Waals surface area contributed by atoms with Crippen molar-refractivity contribution in [2.45, 2.75) is 29.5 Å². The monoisotopic (exact) mass is 345 g/mol. The molecule has 2 aromatic rings. The smallest absolute Gasteiger partial charge is 0.0762 e. The predicted octanol–water partition coefficient (Wildman–Crippen LogP) is 5.15. The van der Waals surface area contributed by atoms with Crippen LogP contribution in [0, 0.1) is 12.3 Å². The fourth-order valence-electron chi connectivity index (χ4n) is 2.66. The van der Waals surface area contributed by atoms with Crippen molar-refractivity contribution in [1.29, 1.82) is 0 Å². The number of aryl methyl sites for hydroxylation is 1. The highest BCUT2D eigenvalue weighted by Gasteiger charge is 2.16. The molecule has 102 valence electrons. The molecule has 1 heterocycles. The van der Waals surface area contributed by atoms with Gasteiger partial charge in [0.05, 0.1) is 5.03 Å². The second-order valence-corrected chi connectivity index (χ2v) is 7.30. The third kappa shape index (κ3) is 2.68. The van der Waals surface area contributed by atoms with E-state index in [0.717, 1.165) is 16.5 Å². The maximum atomic E-state index is 5.53. The third-order valence-corrected chi connectivity index (χ3v) is 5.54. The molecule has 0 spiro atoms. The lowest BCUT2D eigenvalue weighted by atomic mass is 10.00. The van der Waals surface area contributed by atoms with E-state index in [0.29, 0.717) is 5.25 Å². The second-order valence-electron chi connectivity index (χ2n) is 5.13. The topological polar surface area (TPSA) is 4.93 Å². The molecule has 0 amide bonds. The van der Waals surface area contributed by atoms with Crippen molar-refractivity contribution < 1.29 is 0 Å². The second kappa shape index (κ2) is 5.71. The minimum Gasteiger partial charge on any atom is -0.339 e. The van der Waals surface area contributed by atoms with Crippen molar-refractivity contribution in [1.82, 2.24) is 4.57 Å². The molecular formula is C17H16BrNS. The van der Waals surface area contributed by atoms with Crippen LogP contribution in [0.3, 0.4) is 0 Å². The molecule has 1 aliphatic rings. The highest BCUT2D eigenvalue weighted by atomic mass is 79.9. The Hall–Kier alpha value is -1.11. The van der Waals surface area contributed by atoms with Crippen LogP contribution in [0.5, 0.6) is 0 Å². The molecule has 1 aliphatic carbocycles. The summed E-state index contributed by atoms with van der Waals surface area (Å²) in [5, 5.41) is 3.08. The van der Waals surface area contributed by atoms with E-state index in [1.165, 1.54) is 28.8 Å². The maximum absolute atomic E-state index is 5.53. The number of thioether (sulfide) groups is 1. The first-order valence-electron chi connectivity index (χ1n) is 6.76. The summed E-state index contributed by atoms with van der Waals surface area (Å²) in [6.45, 7) is 0. The normalized spacial score (nSPS) is 18.9. The van der Waals surface area contributed by atoms with Gasteiger partial charge in [0.2, 0.25) is 0 Å². The van der Waals surface area contributed by atoms with Crippen LogP contribution in [0.15, 0.2) is 45.4 Å². The zero-order chi connectivity index (χ0) is 14.1. The molecular weight excluding hydrogens is 330 g/mol. The Morgan fingerprint density at radius 2 is 2.25 bits per heavy atom. The minimum absolute atomic E-state index is 0.501. The molecule has 20 heavy (non-hydrogen) atoms. The number of terminal acetylenes is 1. The van der Waals surface area contributed by atoms with Crippen molar-refractivity contribution in [3.8, 4) is 12.3 Å². The maximum Gasteiger partial charge on any atom is 0.0762 e. The molecule has 1 aromatic carbocycles. The van der Waals surface area contributed by atoms with Crippen LogP contribution in [0.2, 0.25) is 0 Å². The van der Waals surface area contributed by atoms with Crippen molar-refractivity contribution in [2.24, 2.45) is 7.05 Å². The van der Waals surface area contributed by atoms with Crippen LogP contribution >= 0.6 is 27.7 Å². The van der Waals surface area contributed by atoms with Crippen LogP contribution in [0.1, 0.15) is 19.3 Å². The van der Waals surface area contributed by atoms with Gasteiger partial charge in [0, 0.05) is 27.7 Å². The summed E-state index contributed by atoms with van der Waals surface area (Å²) < 4.78 is 3.39. The summed E-state index contributed by atoms with van der Waals surface area (Å²) in [6.07, 6.45) is 11.3. The summed E-state index contributed by atoms with van der Waals surface area (Å²) >= 11 is 5.45. The molecule has 0 saturated heterocycles. The van der Waals surface area contributed by atoms with Gasteiger partial charge in [0.25, 0.3) is 0 Å². The van der Waals surface area contributed by atoms with Crippen LogP contribution in [0.25, 0.3) is 10.9 Å². The van der Waals surface area contributed by atoms with E-state index in [1.54, 1.807) is 0 Å². The SMILES string of the molecule is C#CC1=CC(Sc2cc3cc(Br)ccc3n2C)CCC1.